The van der Waals surface area contributed by atoms with Crippen LogP contribution >= 0.6 is 11.6 Å². The second-order valence-electron chi connectivity index (χ2n) is 6.21. The quantitative estimate of drug-likeness (QED) is 0.702. The van der Waals surface area contributed by atoms with Gasteiger partial charge in [-0.1, -0.05) is 41.9 Å². The zero-order chi connectivity index (χ0) is 18.7. The van der Waals surface area contributed by atoms with Crippen molar-refractivity contribution >= 4 is 28.6 Å². The van der Waals surface area contributed by atoms with E-state index < -0.39 is 0 Å². The van der Waals surface area contributed by atoms with E-state index in [1.165, 1.54) is 4.57 Å². The van der Waals surface area contributed by atoms with Crippen molar-refractivity contribution in [3.8, 4) is 11.6 Å². The predicted molar refractivity (Wildman–Crippen MR) is 107 cm³/mol. The van der Waals surface area contributed by atoms with Gasteiger partial charge in [0.2, 0.25) is 5.88 Å². The maximum absolute atomic E-state index is 13.0. The number of benzene rings is 2. The molecule has 1 N–H and O–H groups in total. The van der Waals surface area contributed by atoms with Gasteiger partial charge >= 0.3 is 0 Å². The molecule has 0 aliphatic carbocycles. The summed E-state index contributed by atoms with van der Waals surface area (Å²) in [4.78, 5) is 19.4. The standard InChI is InChI=1S/C20H20ClN3O2/c1-23(2)12-11-22-13-16-14-7-3-4-8-15(14)19(25)24(20(16)26)18-10-6-5-9-17(18)21/h3-10,13,26H,11-12H2,1-2H3. The molecule has 1 aromatic heterocycles. The number of rotatable bonds is 5. The number of halogens is 1. The molecule has 134 valence electrons. The van der Waals surface area contributed by atoms with Crippen LogP contribution in [-0.2, 0) is 0 Å². The number of para-hydroxylation sites is 1. The first-order valence-corrected chi connectivity index (χ1v) is 8.64. The maximum Gasteiger partial charge on any atom is 0.265 e. The first-order valence-electron chi connectivity index (χ1n) is 8.27. The van der Waals surface area contributed by atoms with Crippen LogP contribution in [0.4, 0.5) is 0 Å². The van der Waals surface area contributed by atoms with Gasteiger partial charge in [-0.25, -0.2) is 4.57 Å². The van der Waals surface area contributed by atoms with Gasteiger partial charge in [0.15, 0.2) is 0 Å². The van der Waals surface area contributed by atoms with Crippen molar-refractivity contribution < 1.29 is 5.11 Å². The number of aromatic nitrogens is 1. The third kappa shape index (κ3) is 3.49. The van der Waals surface area contributed by atoms with Crippen LogP contribution in [0.3, 0.4) is 0 Å². The minimum absolute atomic E-state index is 0.171. The molecule has 0 spiro atoms. The van der Waals surface area contributed by atoms with Crippen molar-refractivity contribution in [3.05, 3.63) is 69.5 Å². The van der Waals surface area contributed by atoms with Crippen LogP contribution in [0.15, 0.2) is 58.3 Å². The summed E-state index contributed by atoms with van der Waals surface area (Å²) in [6.45, 7) is 1.38. The molecule has 3 rings (SSSR count). The SMILES string of the molecule is CN(C)CCN=Cc1c(O)n(-c2ccccc2Cl)c(=O)c2ccccc12. The molecule has 0 unspecified atom stereocenters. The second kappa shape index (κ2) is 7.72. The zero-order valence-electron chi connectivity index (χ0n) is 14.7. The summed E-state index contributed by atoms with van der Waals surface area (Å²) in [7, 11) is 3.94. The Labute approximate surface area is 156 Å². The lowest BCUT2D eigenvalue weighted by Crippen LogP contribution is -2.20. The van der Waals surface area contributed by atoms with E-state index in [0.717, 1.165) is 6.54 Å². The normalized spacial score (nSPS) is 11.7. The monoisotopic (exact) mass is 369 g/mol. The highest BCUT2D eigenvalue weighted by Crippen LogP contribution is 2.28. The molecule has 0 atom stereocenters. The summed E-state index contributed by atoms with van der Waals surface area (Å²) < 4.78 is 1.23. The molecule has 0 aliphatic rings. The predicted octanol–water partition coefficient (Wildman–Crippen LogP) is 3.33. The number of fused-ring (bicyclic) bond motifs is 1. The Morgan fingerprint density at radius 3 is 2.46 bits per heavy atom. The molecule has 26 heavy (non-hydrogen) atoms. The van der Waals surface area contributed by atoms with Crippen molar-refractivity contribution in [1.29, 1.82) is 0 Å². The van der Waals surface area contributed by atoms with Gasteiger partial charge in [-0.15, -0.1) is 0 Å². The van der Waals surface area contributed by atoms with Crippen LogP contribution in [0, 0.1) is 0 Å². The Bertz CT molecular complexity index is 1030. The van der Waals surface area contributed by atoms with Crippen LogP contribution in [0.2, 0.25) is 5.02 Å². The van der Waals surface area contributed by atoms with Gasteiger partial charge < -0.3 is 10.0 Å². The van der Waals surface area contributed by atoms with Gasteiger partial charge in [-0.3, -0.25) is 9.79 Å². The highest BCUT2D eigenvalue weighted by atomic mass is 35.5. The van der Waals surface area contributed by atoms with Crippen molar-refractivity contribution in [2.75, 3.05) is 27.2 Å². The number of aromatic hydroxyl groups is 1. The van der Waals surface area contributed by atoms with Crippen molar-refractivity contribution in [1.82, 2.24) is 9.47 Å². The Balaban J connectivity index is 2.24. The van der Waals surface area contributed by atoms with Crippen LogP contribution in [0.1, 0.15) is 5.56 Å². The average Bonchev–Trinajstić information content (AvgIpc) is 2.62. The summed E-state index contributed by atoms with van der Waals surface area (Å²) in [5.74, 6) is -0.171. The number of hydrogen-bond donors (Lipinski definition) is 1. The largest absolute Gasteiger partial charge is 0.494 e. The third-order valence-electron chi connectivity index (χ3n) is 4.09. The van der Waals surface area contributed by atoms with E-state index in [0.29, 0.717) is 33.6 Å². The van der Waals surface area contributed by atoms with Gasteiger partial charge in [0.1, 0.15) is 0 Å². The highest BCUT2D eigenvalue weighted by Gasteiger charge is 2.17. The molecule has 6 heteroatoms. The van der Waals surface area contributed by atoms with E-state index in [2.05, 4.69) is 4.99 Å². The van der Waals surface area contributed by atoms with Crippen LogP contribution < -0.4 is 5.56 Å². The molecule has 0 radical (unpaired) electrons. The van der Waals surface area contributed by atoms with E-state index in [1.807, 2.05) is 25.1 Å². The fraction of sp³-hybridized carbons (Fsp3) is 0.200. The van der Waals surface area contributed by atoms with Crippen molar-refractivity contribution in [2.24, 2.45) is 4.99 Å². The number of nitrogens with zero attached hydrogens (tertiary/aromatic N) is 3. The molecule has 0 aliphatic heterocycles. The van der Waals surface area contributed by atoms with Gasteiger partial charge in [0, 0.05) is 23.5 Å². The topological polar surface area (TPSA) is 57.8 Å². The summed E-state index contributed by atoms with van der Waals surface area (Å²) in [6.07, 6.45) is 1.62. The molecule has 0 saturated carbocycles. The van der Waals surface area contributed by atoms with E-state index in [-0.39, 0.29) is 11.4 Å². The zero-order valence-corrected chi connectivity index (χ0v) is 15.4. The first kappa shape index (κ1) is 18.2. The third-order valence-corrected chi connectivity index (χ3v) is 4.41. The molecular formula is C20H20ClN3O2. The lowest BCUT2D eigenvalue weighted by atomic mass is 10.1. The minimum Gasteiger partial charge on any atom is -0.494 e. The summed E-state index contributed by atoms with van der Waals surface area (Å²) in [6, 6.07) is 14.1. The molecule has 2 aromatic carbocycles. The van der Waals surface area contributed by atoms with Crippen LogP contribution in [0.25, 0.3) is 16.5 Å². The molecule has 5 nitrogen and oxygen atoms in total. The molecule has 1 heterocycles. The molecule has 3 aromatic rings. The van der Waals surface area contributed by atoms with Gasteiger partial charge in [0.25, 0.3) is 5.56 Å². The molecule has 0 saturated heterocycles. The molecular weight excluding hydrogens is 350 g/mol. The fourth-order valence-electron chi connectivity index (χ4n) is 2.76. The van der Waals surface area contributed by atoms with Crippen LogP contribution in [-0.4, -0.2) is 48.0 Å². The maximum atomic E-state index is 13.0. The van der Waals surface area contributed by atoms with E-state index in [4.69, 9.17) is 11.6 Å². The first-order chi connectivity index (χ1) is 12.5. The lowest BCUT2D eigenvalue weighted by molar-refractivity contribution is 0.420. The van der Waals surface area contributed by atoms with E-state index in [9.17, 15) is 9.90 Å². The smallest absolute Gasteiger partial charge is 0.265 e. The summed E-state index contributed by atoms with van der Waals surface area (Å²) in [5.41, 5.74) is 0.612. The van der Waals surface area contributed by atoms with Gasteiger partial charge in [-0.05, 0) is 32.3 Å². The number of pyridine rings is 1. The Morgan fingerprint density at radius 2 is 1.77 bits per heavy atom. The Hall–Kier alpha value is -2.63. The van der Waals surface area contributed by atoms with Crippen LogP contribution in [0.5, 0.6) is 5.88 Å². The van der Waals surface area contributed by atoms with E-state index in [1.54, 1.807) is 48.7 Å². The fourth-order valence-corrected chi connectivity index (χ4v) is 2.98. The molecule has 0 bridgehead atoms. The summed E-state index contributed by atoms with van der Waals surface area (Å²) in [5, 5.41) is 12.4. The number of hydrogen-bond acceptors (Lipinski definition) is 4. The minimum atomic E-state index is -0.323. The Kier molecular flexibility index (Phi) is 5.40. The molecule has 0 amide bonds. The molecule has 0 fully saturated rings. The Morgan fingerprint density at radius 1 is 1.12 bits per heavy atom. The number of likely N-dealkylation sites (N-methyl/N-ethyl adjacent to an activating group) is 1. The lowest BCUT2D eigenvalue weighted by Gasteiger charge is -2.14. The second-order valence-corrected chi connectivity index (χ2v) is 6.62. The summed E-state index contributed by atoms with van der Waals surface area (Å²) >= 11 is 6.26. The highest BCUT2D eigenvalue weighted by molar-refractivity contribution is 6.32. The van der Waals surface area contributed by atoms with Gasteiger partial charge in [-0.2, -0.15) is 0 Å². The van der Waals surface area contributed by atoms with Crippen molar-refractivity contribution in [3.63, 3.8) is 0 Å². The number of aliphatic imine (C=N–C) groups is 1. The van der Waals surface area contributed by atoms with Gasteiger partial charge in [0.05, 0.1) is 22.8 Å². The van der Waals surface area contributed by atoms with Crippen molar-refractivity contribution in [2.45, 2.75) is 0 Å². The average molecular weight is 370 g/mol. The van der Waals surface area contributed by atoms with E-state index >= 15 is 0 Å².